The van der Waals surface area contributed by atoms with Crippen molar-refractivity contribution in [1.82, 2.24) is 0 Å². The van der Waals surface area contributed by atoms with Crippen LogP contribution in [0.15, 0.2) is 157 Å². The van der Waals surface area contributed by atoms with Gasteiger partial charge in [0.25, 0.3) is 0 Å². The minimum atomic E-state index is 0.497. The lowest BCUT2D eigenvalue weighted by Gasteiger charge is -2.32. The third-order valence-corrected chi connectivity index (χ3v) is 7.27. The highest BCUT2D eigenvalue weighted by atomic mass is 16.5. The summed E-state index contributed by atoms with van der Waals surface area (Å²) in [5.74, 6) is 2.78. The molecule has 0 aliphatic carbocycles. The molecule has 2 aromatic rings. The van der Waals surface area contributed by atoms with Gasteiger partial charge in [0.15, 0.2) is 11.5 Å². The molecule has 0 amide bonds. The van der Waals surface area contributed by atoms with Crippen molar-refractivity contribution in [2.75, 3.05) is 11.4 Å². The number of ether oxygens (including phenoxy) is 1. The van der Waals surface area contributed by atoms with Crippen LogP contribution >= 0.6 is 0 Å². The van der Waals surface area contributed by atoms with Crippen LogP contribution in [0.3, 0.4) is 0 Å². The largest absolute Gasteiger partial charge is 0.453 e. The monoisotopic (exact) mass is 587 g/mol. The van der Waals surface area contributed by atoms with Crippen molar-refractivity contribution in [2.24, 2.45) is 11.8 Å². The molecule has 0 aromatic heterocycles. The van der Waals surface area contributed by atoms with Crippen LogP contribution in [0.25, 0.3) is 0 Å². The van der Waals surface area contributed by atoms with Crippen molar-refractivity contribution in [3.8, 4) is 11.5 Å². The Balaban J connectivity index is 0.00000330. The van der Waals surface area contributed by atoms with E-state index >= 15 is 0 Å². The van der Waals surface area contributed by atoms with Gasteiger partial charge in [-0.25, -0.2) is 0 Å². The number of fused-ring (bicyclic) bond motifs is 2. The standard InChI is InChI=1S/C40H47NO.C2H6/c1-9-18-35(20-17-19-30(5)6)36(29-34(12-4)33(11-3)26-25-32(10-2)31(7)8)27-28-41-37-21-13-15-23-39(37)42-40-24-16-14-22-38(40)41;1-2/h9,11-18,20-27,29-31H,1,3-4,10,19,28H2,2,5-8H3;1-2H3/b20-17-,32-25+,33-26+,34-29+,35-18+,36-27+;. The van der Waals surface area contributed by atoms with Crippen LogP contribution in [0.1, 0.15) is 61.3 Å². The number of benzene rings is 2. The molecule has 0 fully saturated rings. The molecule has 0 N–H and O–H groups in total. The van der Waals surface area contributed by atoms with E-state index in [2.05, 4.69) is 126 Å². The van der Waals surface area contributed by atoms with E-state index in [-0.39, 0.29) is 0 Å². The van der Waals surface area contributed by atoms with Gasteiger partial charge < -0.3 is 9.64 Å². The number of allylic oxidation sites excluding steroid dienone is 14. The second-order valence-corrected chi connectivity index (χ2v) is 11.1. The highest BCUT2D eigenvalue weighted by Crippen LogP contribution is 2.46. The summed E-state index contributed by atoms with van der Waals surface area (Å²) in [6.07, 6.45) is 23.1. The summed E-state index contributed by atoms with van der Waals surface area (Å²) >= 11 is 0. The molecule has 3 rings (SSSR count). The first-order valence-electron chi connectivity index (χ1n) is 16.0. The normalized spacial score (nSPS) is 14.1. The fourth-order valence-corrected chi connectivity index (χ4v) is 4.89. The molecule has 2 nitrogen and oxygen atoms in total. The van der Waals surface area contributed by atoms with Crippen LogP contribution in [-0.4, -0.2) is 6.54 Å². The molecule has 232 valence electrons. The molecular formula is C42H53NO. The Labute approximate surface area is 268 Å². The molecule has 0 radical (unpaired) electrons. The second kappa shape index (κ2) is 19.1. The van der Waals surface area contributed by atoms with Crippen LogP contribution in [0.2, 0.25) is 0 Å². The molecule has 44 heavy (non-hydrogen) atoms. The summed E-state index contributed by atoms with van der Waals surface area (Å²) in [6.45, 7) is 28.1. The van der Waals surface area contributed by atoms with Gasteiger partial charge in [-0.2, -0.15) is 0 Å². The van der Waals surface area contributed by atoms with Gasteiger partial charge in [-0.05, 0) is 77.3 Å². The fraction of sp³-hybridized carbons (Fsp3) is 0.286. The number of para-hydroxylation sites is 4. The highest BCUT2D eigenvalue weighted by molar-refractivity contribution is 5.78. The van der Waals surface area contributed by atoms with E-state index in [1.807, 2.05) is 56.3 Å². The number of hydrogen-bond acceptors (Lipinski definition) is 2. The van der Waals surface area contributed by atoms with E-state index in [1.165, 1.54) is 5.57 Å². The Morgan fingerprint density at radius 3 is 1.86 bits per heavy atom. The predicted molar refractivity (Wildman–Crippen MR) is 196 cm³/mol. The fourth-order valence-electron chi connectivity index (χ4n) is 4.89. The third kappa shape index (κ3) is 10.2. The lowest BCUT2D eigenvalue weighted by molar-refractivity contribution is 0.474. The molecule has 1 aliphatic heterocycles. The van der Waals surface area contributed by atoms with Gasteiger partial charge in [-0.15, -0.1) is 0 Å². The van der Waals surface area contributed by atoms with Crippen molar-refractivity contribution >= 4 is 11.4 Å². The van der Waals surface area contributed by atoms with Crippen molar-refractivity contribution in [1.29, 1.82) is 0 Å². The Hall–Kier alpha value is -4.30. The maximum Gasteiger partial charge on any atom is 0.151 e. The first-order valence-corrected chi connectivity index (χ1v) is 16.0. The molecule has 0 spiro atoms. The van der Waals surface area contributed by atoms with Gasteiger partial charge >= 0.3 is 0 Å². The number of hydrogen-bond donors (Lipinski definition) is 0. The van der Waals surface area contributed by atoms with Crippen molar-refractivity contribution < 1.29 is 4.74 Å². The SMILES string of the molecule is C=C/C=C(\C=C/CC(C)C)C(/C=C(C=C)/C(C=C)=C/C=C(\CC)C(C)C)=C/CN1c2ccccc2Oc2ccccc21.CC. The molecule has 0 bridgehead atoms. The first kappa shape index (κ1) is 35.9. The van der Waals surface area contributed by atoms with Gasteiger partial charge in [0, 0.05) is 6.54 Å². The molecule has 0 saturated carbocycles. The average molecular weight is 588 g/mol. The summed E-state index contributed by atoms with van der Waals surface area (Å²) in [5.41, 5.74) is 7.72. The number of rotatable bonds is 14. The van der Waals surface area contributed by atoms with Gasteiger partial charge in [0.2, 0.25) is 0 Å². The third-order valence-electron chi connectivity index (χ3n) is 7.27. The van der Waals surface area contributed by atoms with Gasteiger partial charge in [0.1, 0.15) is 0 Å². The molecular weight excluding hydrogens is 534 g/mol. The van der Waals surface area contributed by atoms with E-state index in [1.54, 1.807) is 0 Å². The zero-order chi connectivity index (χ0) is 32.5. The van der Waals surface area contributed by atoms with E-state index in [9.17, 15) is 0 Å². The van der Waals surface area contributed by atoms with Crippen molar-refractivity contribution in [2.45, 2.75) is 61.3 Å². The minimum Gasteiger partial charge on any atom is -0.453 e. The zero-order valence-electron chi connectivity index (χ0n) is 28.1. The maximum absolute atomic E-state index is 6.23. The summed E-state index contributed by atoms with van der Waals surface area (Å²) in [5, 5.41) is 0. The highest BCUT2D eigenvalue weighted by Gasteiger charge is 2.23. The van der Waals surface area contributed by atoms with Crippen LogP contribution in [0, 0.1) is 11.8 Å². The summed E-state index contributed by atoms with van der Waals surface area (Å²) in [7, 11) is 0. The Morgan fingerprint density at radius 1 is 0.773 bits per heavy atom. The lowest BCUT2D eigenvalue weighted by Crippen LogP contribution is -2.21. The molecule has 0 unspecified atom stereocenters. The van der Waals surface area contributed by atoms with Gasteiger partial charge in [-0.1, -0.05) is 153 Å². The van der Waals surface area contributed by atoms with E-state index in [4.69, 9.17) is 4.74 Å². The molecule has 0 saturated heterocycles. The van der Waals surface area contributed by atoms with Gasteiger partial charge in [-0.3, -0.25) is 0 Å². The van der Waals surface area contributed by atoms with Crippen LogP contribution < -0.4 is 9.64 Å². The first-order chi connectivity index (χ1) is 21.3. The van der Waals surface area contributed by atoms with Crippen LogP contribution in [0.5, 0.6) is 11.5 Å². The summed E-state index contributed by atoms with van der Waals surface area (Å²) in [4.78, 5) is 2.31. The van der Waals surface area contributed by atoms with Crippen LogP contribution in [-0.2, 0) is 0 Å². The number of nitrogens with zero attached hydrogens (tertiary/aromatic N) is 1. The molecule has 1 aliphatic rings. The maximum atomic E-state index is 6.23. The average Bonchev–Trinajstić information content (AvgIpc) is 3.03. The number of anilines is 2. The zero-order valence-corrected chi connectivity index (χ0v) is 28.1. The predicted octanol–water partition coefficient (Wildman–Crippen LogP) is 12.8. The quantitative estimate of drug-likeness (QED) is 0.204. The van der Waals surface area contributed by atoms with Crippen LogP contribution in [0.4, 0.5) is 11.4 Å². The molecule has 2 aromatic carbocycles. The van der Waals surface area contributed by atoms with E-state index < -0.39 is 0 Å². The Morgan fingerprint density at radius 2 is 1.36 bits per heavy atom. The molecule has 0 atom stereocenters. The summed E-state index contributed by atoms with van der Waals surface area (Å²) in [6, 6.07) is 16.4. The van der Waals surface area contributed by atoms with E-state index in [0.717, 1.165) is 58.0 Å². The summed E-state index contributed by atoms with van der Waals surface area (Å²) < 4.78 is 6.23. The smallest absolute Gasteiger partial charge is 0.151 e. The van der Waals surface area contributed by atoms with E-state index in [0.29, 0.717) is 18.4 Å². The van der Waals surface area contributed by atoms with Crippen molar-refractivity contribution in [3.63, 3.8) is 0 Å². The molecule has 2 heteroatoms. The molecule has 1 heterocycles. The lowest BCUT2D eigenvalue weighted by atomic mass is 9.95. The van der Waals surface area contributed by atoms with Crippen molar-refractivity contribution in [3.05, 3.63) is 157 Å². The van der Waals surface area contributed by atoms with Gasteiger partial charge in [0.05, 0.1) is 11.4 Å². The Kier molecular flexibility index (Phi) is 15.6. The second-order valence-electron chi connectivity index (χ2n) is 11.1. The minimum absolute atomic E-state index is 0.497. The topological polar surface area (TPSA) is 12.5 Å². The Bertz CT molecular complexity index is 1390.